The molecule has 6 heteroatoms. The van der Waals surface area contributed by atoms with Gasteiger partial charge in [0.2, 0.25) is 0 Å². The SMILES string of the molecule is C[C@]12C[C@H](N3CC[N-]CC3)[C@@H](O)CC1CCC1C2CC[C@@]2(C)C1CC[C@@H]2O.[U].[V]. The minimum atomic E-state index is -0.153. The fraction of sp³-hybridized carbons (Fsp3) is 1.00. The first-order chi connectivity index (χ1) is 12.9. The van der Waals surface area contributed by atoms with Crippen LogP contribution in [0.25, 0.3) is 5.32 Å². The zero-order valence-electron chi connectivity index (χ0n) is 18.3. The molecule has 29 heavy (non-hydrogen) atoms. The number of rotatable bonds is 1. The van der Waals surface area contributed by atoms with Crippen LogP contribution in [0.4, 0.5) is 0 Å². The van der Waals surface area contributed by atoms with E-state index in [0.29, 0.717) is 17.4 Å². The molecule has 4 saturated carbocycles. The van der Waals surface area contributed by atoms with Crippen molar-refractivity contribution in [2.24, 2.45) is 34.5 Å². The second-order valence-electron chi connectivity index (χ2n) is 11.1. The number of piperazine rings is 1. The Morgan fingerprint density at radius 2 is 1.59 bits per heavy atom. The minimum Gasteiger partial charge on any atom is -0.660 e. The van der Waals surface area contributed by atoms with Gasteiger partial charge in [-0.3, -0.25) is 0 Å². The molecule has 0 aromatic heterocycles. The van der Waals surface area contributed by atoms with E-state index < -0.39 is 0 Å². The predicted molar refractivity (Wildman–Crippen MR) is 108 cm³/mol. The van der Waals surface area contributed by atoms with Gasteiger partial charge in [0, 0.05) is 55.7 Å². The second-order valence-corrected chi connectivity index (χ2v) is 11.1. The summed E-state index contributed by atoms with van der Waals surface area (Å²) < 4.78 is 0. The van der Waals surface area contributed by atoms with E-state index in [0.717, 1.165) is 56.8 Å². The molecular formula is C23H39N2O2UV-. The van der Waals surface area contributed by atoms with Crippen molar-refractivity contribution in [2.45, 2.75) is 83.5 Å². The molecular weight excluding hydrogens is 625 g/mol. The third kappa shape index (κ3) is 4.01. The molecule has 5 fully saturated rings. The Hall–Kier alpha value is 1.48. The fourth-order valence-corrected chi connectivity index (χ4v) is 8.57. The maximum Gasteiger partial charge on any atom is 0.0698 e. The molecule has 9 atom stereocenters. The van der Waals surface area contributed by atoms with E-state index in [-0.39, 0.29) is 67.3 Å². The molecule has 1 radical (unpaired) electrons. The second kappa shape index (κ2) is 9.38. The quantitative estimate of drug-likeness (QED) is 0.452. The summed E-state index contributed by atoms with van der Waals surface area (Å²) in [4.78, 5) is 2.55. The molecule has 1 aliphatic heterocycles. The van der Waals surface area contributed by atoms with Gasteiger partial charge in [0.1, 0.15) is 0 Å². The van der Waals surface area contributed by atoms with Crippen LogP contribution in [-0.4, -0.2) is 59.5 Å². The van der Waals surface area contributed by atoms with Crippen molar-refractivity contribution in [3.05, 3.63) is 5.32 Å². The van der Waals surface area contributed by atoms with Crippen LogP contribution < -0.4 is 0 Å². The number of aliphatic hydroxyl groups is 2. The average Bonchev–Trinajstić information content (AvgIpc) is 2.97. The Kier molecular flexibility index (Phi) is 8.12. The van der Waals surface area contributed by atoms with E-state index in [2.05, 4.69) is 24.1 Å². The van der Waals surface area contributed by atoms with Crippen LogP contribution in [0.5, 0.6) is 0 Å². The number of nitrogens with zero attached hydrogens (tertiary/aromatic N) is 2. The Bertz CT molecular complexity index is 577. The van der Waals surface area contributed by atoms with Crippen LogP contribution in [0.2, 0.25) is 0 Å². The fourth-order valence-electron chi connectivity index (χ4n) is 8.57. The third-order valence-corrected chi connectivity index (χ3v) is 10.2. The van der Waals surface area contributed by atoms with Crippen molar-refractivity contribution >= 4 is 0 Å². The van der Waals surface area contributed by atoms with Gasteiger partial charge < -0.3 is 20.4 Å². The van der Waals surface area contributed by atoms with E-state index in [1.54, 1.807) is 0 Å². The van der Waals surface area contributed by atoms with Gasteiger partial charge in [0.15, 0.2) is 0 Å². The minimum absolute atomic E-state index is 0. The van der Waals surface area contributed by atoms with E-state index in [4.69, 9.17) is 0 Å². The van der Waals surface area contributed by atoms with E-state index in [1.165, 1.54) is 38.5 Å². The largest absolute Gasteiger partial charge is 0.660 e. The molecule has 0 spiro atoms. The molecule has 4 aliphatic carbocycles. The molecule has 2 N–H and O–H groups in total. The zero-order chi connectivity index (χ0) is 18.8. The number of aliphatic hydroxyl groups excluding tert-OH is 2. The molecule has 5 rings (SSSR count). The maximum absolute atomic E-state index is 11.0. The summed E-state index contributed by atoms with van der Waals surface area (Å²) in [5, 5.41) is 26.2. The van der Waals surface area contributed by atoms with Crippen molar-refractivity contribution in [3.8, 4) is 0 Å². The van der Waals surface area contributed by atoms with Crippen molar-refractivity contribution in [2.75, 3.05) is 26.2 Å². The molecule has 4 unspecified atom stereocenters. The molecule has 4 nitrogen and oxygen atoms in total. The first-order valence-corrected chi connectivity index (χ1v) is 11.7. The maximum atomic E-state index is 11.0. The van der Waals surface area contributed by atoms with E-state index in [1.807, 2.05) is 0 Å². The number of hydrogen-bond acceptors (Lipinski definition) is 3. The van der Waals surface area contributed by atoms with Crippen molar-refractivity contribution < 1.29 is 59.9 Å². The Morgan fingerprint density at radius 3 is 2.31 bits per heavy atom. The Labute approximate surface area is 213 Å². The van der Waals surface area contributed by atoms with Crippen molar-refractivity contribution in [1.29, 1.82) is 0 Å². The summed E-state index contributed by atoms with van der Waals surface area (Å²) in [5.41, 5.74) is 0.544. The van der Waals surface area contributed by atoms with Crippen LogP contribution in [0.1, 0.15) is 65.2 Å². The Balaban J connectivity index is 0.00000120. The molecule has 1 saturated heterocycles. The molecule has 0 aromatic rings. The third-order valence-electron chi connectivity index (χ3n) is 10.2. The van der Waals surface area contributed by atoms with Crippen molar-refractivity contribution in [3.63, 3.8) is 0 Å². The van der Waals surface area contributed by atoms with Gasteiger partial charge >= 0.3 is 0 Å². The summed E-state index contributed by atoms with van der Waals surface area (Å²) in [7, 11) is 0. The van der Waals surface area contributed by atoms with Gasteiger partial charge in [-0.05, 0) is 99.0 Å². The van der Waals surface area contributed by atoms with Gasteiger partial charge in [-0.1, -0.05) is 13.8 Å². The molecule has 0 aromatic carbocycles. The molecule has 1 heterocycles. The standard InChI is InChI=1S/C23H39N2O2.U.V/c1-22-8-7-18-16(17(22)5-6-21(22)27)4-3-15-13-20(26)19(14-23(15,18)2)25-11-9-24-10-12-25;;/h15-21,26-27H,3-14H2,1-2H3;;/q-1;;/t15?,16?,17?,18?,19-,20-,21-,22-,23-;;/m0../s1. The zero-order valence-corrected chi connectivity index (χ0v) is 23.8. The number of fused-ring (bicyclic) bond motifs is 5. The normalized spacial score (nSPS) is 52.3. The molecule has 0 amide bonds. The van der Waals surface area contributed by atoms with Gasteiger partial charge in [0.05, 0.1) is 12.2 Å². The van der Waals surface area contributed by atoms with Crippen molar-refractivity contribution in [1.82, 2.24) is 4.90 Å². The van der Waals surface area contributed by atoms with Gasteiger partial charge in [0.25, 0.3) is 0 Å². The topological polar surface area (TPSA) is 57.8 Å². The van der Waals surface area contributed by atoms with Gasteiger partial charge in [-0.25, -0.2) is 0 Å². The van der Waals surface area contributed by atoms with Crippen LogP contribution in [0.15, 0.2) is 0 Å². The molecule has 0 bridgehead atoms. The summed E-state index contributed by atoms with van der Waals surface area (Å²) in [6.07, 6.45) is 9.32. The monoisotopic (exact) mass is 664 g/mol. The van der Waals surface area contributed by atoms with Crippen LogP contribution in [0.3, 0.4) is 0 Å². The summed E-state index contributed by atoms with van der Waals surface area (Å²) >= 11 is 0. The Morgan fingerprint density at radius 1 is 0.897 bits per heavy atom. The van der Waals surface area contributed by atoms with E-state index >= 15 is 0 Å². The van der Waals surface area contributed by atoms with Crippen LogP contribution in [-0.2, 0) is 18.6 Å². The van der Waals surface area contributed by atoms with Crippen LogP contribution in [0, 0.1) is 65.6 Å². The summed E-state index contributed by atoms with van der Waals surface area (Å²) in [6, 6.07) is 0.336. The van der Waals surface area contributed by atoms with E-state index in [9.17, 15) is 10.2 Å². The first-order valence-electron chi connectivity index (χ1n) is 11.7. The molecule has 5 aliphatic rings. The van der Waals surface area contributed by atoms with Gasteiger partial charge in [-0.15, -0.1) is 13.1 Å². The number of hydrogen-bond donors (Lipinski definition) is 2. The molecule has 163 valence electrons. The summed E-state index contributed by atoms with van der Waals surface area (Å²) in [5.74, 6) is 3.01. The first kappa shape index (κ1) is 25.1. The summed E-state index contributed by atoms with van der Waals surface area (Å²) in [6.45, 7) is 8.90. The average molecular weight is 665 g/mol. The van der Waals surface area contributed by atoms with Gasteiger partial charge in [-0.2, -0.15) is 0 Å². The predicted octanol–water partition coefficient (Wildman–Crippen LogP) is 3.42. The smallest absolute Gasteiger partial charge is 0.0698 e. The van der Waals surface area contributed by atoms with Crippen LogP contribution >= 0.6 is 0 Å².